The highest BCUT2D eigenvalue weighted by atomic mass is 35.5. The van der Waals surface area contributed by atoms with E-state index in [0.717, 1.165) is 48.1 Å². The van der Waals surface area contributed by atoms with E-state index in [1.807, 2.05) is 36.4 Å². The van der Waals surface area contributed by atoms with Gasteiger partial charge in [0.1, 0.15) is 11.2 Å². The number of carbonyl (C=O) groups is 2. The predicted molar refractivity (Wildman–Crippen MR) is 145 cm³/mol. The zero-order valence-electron chi connectivity index (χ0n) is 19.9. The molecule has 0 saturated carbocycles. The molecule has 0 bridgehead atoms. The van der Waals surface area contributed by atoms with Crippen LogP contribution in [0.15, 0.2) is 40.8 Å². The molecule has 1 aromatic heterocycles. The lowest BCUT2D eigenvalue weighted by Gasteiger charge is -2.25. The van der Waals surface area contributed by atoms with Gasteiger partial charge >= 0.3 is 0 Å². The minimum atomic E-state index is 0. The van der Waals surface area contributed by atoms with Gasteiger partial charge in [0, 0.05) is 21.9 Å². The van der Waals surface area contributed by atoms with Gasteiger partial charge in [-0.15, -0.1) is 24.8 Å². The first-order chi connectivity index (χ1) is 15.2. The van der Waals surface area contributed by atoms with E-state index in [-0.39, 0.29) is 47.3 Å². The first-order valence-corrected chi connectivity index (χ1v) is 11.6. The van der Waals surface area contributed by atoms with Crippen molar-refractivity contribution in [3.05, 3.63) is 47.5 Å². The Labute approximate surface area is 218 Å². The number of halogens is 2. The summed E-state index contributed by atoms with van der Waals surface area (Å²) in [5.41, 5.74) is 2.94. The Bertz CT molecular complexity index is 1040. The van der Waals surface area contributed by atoms with E-state index >= 15 is 0 Å². The summed E-state index contributed by atoms with van der Waals surface area (Å²) >= 11 is 0. The van der Waals surface area contributed by atoms with Crippen LogP contribution in [0.2, 0.25) is 0 Å². The number of ketones is 2. The lowest BCUT2D eigenvalue weighted by molar-refractivity contribution is 0.0908. The first kappa shape index (κ1) is 31.0. The number of Topliss-reactive ketones (excluding diaryl/α,β-unsaturated/α-hetero) is 2. The van der Waals surface area contributed by atoms with Crippen molar-refractivity contribution in [1.82, 2.24) is 9.80 Å². The molecule has 2 aromatic carbocycles. The molecule has 2 fully saturated rings. The number of furan rings is 1. The summed E-state index contributed by atoms with van der Waals surface area (Å²) in [5, 5.41) is 1.82. The van der Waals surface area contributed by atoms with Gasteiger partial charge in [-0.05, 0) is 88.3 Å². The second kappa shape index (κ2) is 13.9. The smallest absolute Gasteiger partial charge is 0.176 e. The zero-order valence-corrected chi connectivity index (χ0v) is 21.5. The highest BCUT2D eigenvalue weighted by Crippen LogP contribution is 2.30. The maximum atomic E-state index is 12.9. The monoisotopic (exact) mass is 526 g/mol. The second-order valence-corrected chi connectivity index (χ2v) is 9.04. The highest BCUT2D eigenvalue weighted by Gasteiger charge is 2.19. The number of fused-ring (bicyclic) bond motifs is 3. The number of nitrogens with zero attached hydrogens (tertiary/aromatic N) is 2. The van der Waals surface area contributed by atoms with Crippen LogP contribution in [0.5, 0.6) is 0 Å². The summed E-state index contributed by atoms with van der Waals surface area (Å²) in [6.45, 7) is 4.97. The molecule has 3 heterocycles. The fraction of sp³-hybridized carbons (Fsp3) is 0.462. The third-order valence-corrected chi connectivity index (χ3v) is 6.74. The first-order valence-electron chi connectivity index (χ1n) is 11.6. The van der Waals surface area contributed by atoms with Gasteiger partial charge in [-0.1, -0.05) is 12.8 Å². The molecule has 3 aromatic rings. The molecule has 0 unspecified atom stereocenters. The van der Waals surface area contributed by atoms with E-state index in [0.29, 0.717) is 24.2 Å². The van der Waals surface area contributed by atoms with E-state index in [4.69, 9.17) is 4.42 Å². The predicted octanol–water partition coefficient (Wildman–Crippen LogP) is 4.12. The van der Waals surface area contributed by atoms with Crippen LogP contribution in [0.4, 0.5) is 0 Å². The number of hydrogen-bond donors (Lipinski definition) is 0. The summed E-state index contributed by atoms with van der Waals surface area (Å²) < 4.78 is 5.98. The number of piperidine rings is 2. The van der Waals surface area contributed by atoms with Gasteiger partial charge in [-0.3, -0.25) is 19.4 Å². The number of hydrogen-bond acceptors (Lipinski definition) is 5. The van der Waals surface area contributed by atoms with E-state index in [2.05, 4.69) is 9.80 Å². The molecule has 2 aliphatic heterocycles. The van der Waals surface area contributed by atoms with Crippen LogP contribution < -0.4 is 0 Å². The molecule has 2 aliphatic rings. The number of likely N-dealkylation sites (tertiary alicyclic amines) is 2. The maximum Gasteiger partial charge on any atom is 0.176 e. The largest absolute Gasteiger partial charge is 0.456 e. The standard InChI is InChI=1S/C26H30N2O3.2ClH.2H2O/c29-23(17-27-11-3-1-4-12-27)19-7-9-25-21(15-19)22-16-20(8-10-26(22)31-25)24(30)18-28-13-5-2-6-14-28;;;;/h7-10,15-16H,1-6,11-14,17-18H2;2*1H;2*1H2. The third-order valence-electron chi connectivity index (χ3n) is 6.74. The van der Waals surface area contributed by atoms with Crippen LogP contribution in [-0.4, -0.2) is 71.6 Å². The van der Waals surface area contributed by atoms with Gasteiger partial charge in [0.05, 0.1) is 13.1 Å². The molecule has 0 atom stereocenters. The Hall–Kier alpha value is -2.00. The molecule has 35 heavy (non-hydrogen) atoms. The molecule has 5 rings (SSSR count). The van der Waals surface area contributed by atoms with Crippen molar-refractivity contribution in [3.8, 4) is 0 Å². The lowest BCUT2D eigenvalue weighted by atomic mass is 10.0. The summed E-state index contributed by atoms with van der Waals surface area (Å²) in [6.07, 6.45) is 7.21. The average Bonchev–Trinajstić information content (AvgIpc) is 3.17. The molecular formula is C26H36Cl2N2O5. The molecule has 0 aliphatic carbocycles. The third kappa shape index (κ3) is 7.03. The maximum absolute atomic E-state index is 12.9. The average molecular weight is 527 g/mol. The van der Waals surface area contributed by atoms with Gasteiger partial charge in [-0.25, -0.2) is 0 Å². The van der Waals surface area contributed by atoms with Crippen molar-refractivity contribution < 1.29 is 25.0 Å². The quantitative estimate of drug-likeness (QED) is 0.447. The van der Waals surface area contributed by atoms with Crippen LogP contribution in [0.25, 0.3) is 21.9 Å². The molecule has 194 valence electrons. The van der Waals surface area contributed by atoms with Crippen molar-refractivity contribution in [1.29, 1.82) is 0 Å². The number of rotatable bonds is 6. The van der Waals surface area contributed by atoms with Crippen LogP contribution in [-0.2, 0) is 0 Å². The Morgan fingerprint density at radius 1 is 0.629 bits per heavy atom. The normalized spacial score (nSPS) is 16.5. The molecular weight excluding hydrogens is 491 g/mol. The summed E-state index contributed by atoms with van der Waals surface area (Å²) in [7, 11) is 0. The molecule has 9 heteroatoms. The Balaban J connectivity index is 0.00000153. The summed E-state index contributed by atoms with van der Waals surface area (Å²) in [6, 6.07) is 11.4. The molecule has 0 spiro atoms. The molecule has 0 amide bonds. The van der Waals surface area contributed by atoms with Gasteiger partial charge in [0.15, 0.2) is 11.6 Å². The lowest BCUT2D eigenvalue weighted by Crippen LogP contribution is -2.34. The fourth-order valence-corrected chi connectivity index (χ4v) is 4.95. The molecule has 7 nitrogen and oxygen atoms in total. The molecule has 4 N–H and O–H groups in total. The van der Waals surface area contributed by atoms with E-state index in [1.165, 1.54) is 38.5 Å². The van der Waals surface area contributed by atoms with Crippen molar-refractivity contribution in [2.45, 2.75) is 38.5 Å². The van der Waals surface area contributed by atoms with E-state index in [1.54, 1.807) is 0 Å². The number of benzene rings is 2. The Morgan fingerprint density at radius 3 is 1.37 bits per heavy atom. The van der Waals surface area contributed by atoms with E-state index in [9.17, 15) is 9.59 Å². The fourth-order valence-electron chi connectivity index (χ4n) is 4.95. The topological polar surface area (TPSA) is 117 Å². The van der Waals surface area contributed by atoms with Crippen LogP contribution in [0.3, 0.4) is 0 Å². The molecule has 0 radical (unpaired) electrons. The van der Waals surface area contributed by atoms with Crippen LogP contribution >= 0.6 is 24.8 Å². The summed E-state index contributed by atoms with van der Waals surface area (Å²) in [5.74, 6) is 0.297. The number of carbonyl (C=O) groups excluding carboxylic acids is 2. The highest BCUT2D eigenvalue weighted by molar-refractivity contribution is 6.11. The van der Waals surface area contributed by atoms with Crippen molar-refractivity contribution in [2.75, 3.05) is 39.3 Å². The minimum absolute atomic E-state index is 0. The summed E-state index contributed by atoms with van der Waals surface area (Å²) in [4.78, 5) is 30.3. The van der Waals surface area contributed by atoms with Gasteiger partial charge in [0.2, 0.25) is 0 Å². The second-order valence-electron chi connectivity index (χ2n) is 9.04. The SMILES string of the molecule is Cl.Cl.O.O.O=C(CN1CCCCC1)c1ccc2oc3ccc(C(=O)CN4CCCCC4)cc3c2c1. The molecule has 2 saturated heterocycles. The van der Waals surface area contributed by atoms with Gasteiger partial charge in [-0.2, -0.15) is 0 Å². The Kier molecular flexibility index (Phi) is 12.3. The van der Waals surface area contributed by atoms with Crippen LogP contribution in [0.1, 0.15) is 59.2 Å². The van der Waals surface area contributed by atoms with Gasteiger partial charge in [0.25, 0.3) is 0 Å². The van der Waals surface area contributed by atoms with E-state index < -0.39 is 0 Å². The van der Waals surface area contributed by atoms with Crippen molar-refractivity contribution in [2.24, 2.45) is 0 Å². The van der Waals surface area contributed by atoms with Crippen LogP contribution in [0, 0.1) is 0 Å². The Morgan fingerprint density at radius 2 is 1.00 bits per heavy atom. The minimum Gasteiger partial charge on any atom is -0.456 e. The van der Waals surface area contributed by atoms with Gasteiger partial charge < -0.3 is 15.4 Å². The van der Waals surface area contributed by atoms with Crippen molar-refractivity contribution >= 4 is 58.3 Å². The van der Waals surface area contributed by atoms with Crippen molar-refractivity contribution in [3.63, 3.8) is 0 Å². The zero-order chi connectivity index (χ0) is 21.2.